The molecule has 1 nitrogen and oxygen atoms in total. The van der Waals surface area contributed by atoms with Crippen LogP contribution >= 0.6 is 0 Å². The van der Waals surface area contributed by atoms with Gasteiger partial charge < -0.3 is 4.90 Å². The van der Waals surface area contributed by atoms with Gasteiger partial charge in [0.1, 0.15) is 0 Å². The van der Waals surface area contributed by atoms with Gasteiger partial charge in [0.05, 0.1) is 0 Å². The highest BCUT2D eigenvalue weighted by atomic mass is 15.1. The van der Waals surface area contributed by atoms with Crippen LogP contribution in [0.4, 0.5) is 11.4 Å². The molecule has 1 heteroatoms. The highest BCUT2D eigenvalue weighted by molar-refractivity contribution is 5.64. The normalized spacial score (nSPS) is 12.9. The molecular weight excluding hydrogens is 326 g/mol. The second-order valence-corrected chi connectivity index (χ2v) is 6.97. The summed E-state index contributed by atoms with van der Waals surface area (Å²) in [5, 5.41) is 0. The van der Waals surface area contributed by atoms with Gasteiger partial charge >= 0.3 is 0 Å². The maximum absolute atomic E-state index is 3.91. The summed E-state index contributed by atoms with van der Waals surface area (Å²) < 4.78 is 0. The average Bonchev–Trinajstić information content (AvgIpc) is 2.73. The van der Waals surface area contributed by atoms with Gasteiger partial charge in [-0.3, -0.25) is 0 Å². The van der Waals surface area contributed by atoms with Gasteiger partial charge in [0.2, 0.25) is 0 Å². The van der Waals surface area contributed by atoms with E-state index >= 15 is 0 Å². The molecule has 0 spiro atoms. The van der Waals surface area contributed by atoms with Gasteiger partial charge in [-0.25, -0.2) is 0 Å². The number of benzene rings is 2. The zero-order valence-electron chi connectivity index (χ0n) is 17.1. The van der Waals surface area contributed by atoms with Gasteiger partial charge in [0.25, 0.3) is 0 Å². The van der Waals surface area contributed by atoms with Crippen molar-refractivity contribution in [2.45, 2.75) is 46.0 Å². The first-order valence-corrected chi connectivity index (χ1v) is 10.1. The van der Waals surface area contributed by atoms with E-state index in [0.29, 0.717) is 5.92 Å². The van der Waals surface area contributed by atoms with Crippen LogP contribution in [-0.2, 0) is 0 Å². The topological polar surface area (TPSA) is 3.24 Å². The van der Waals surface area contributed by atoms with Crippen molar-refractivity contribution >= 4 is 11.4 Å². The zero-order valence-corrected chi connectivity index (χ0v) is 17.1. The van der Waals surface area contributed by atoms with Crippen molar-refractivity contribution in [1.82, 2.24) is 0 Å². The molecule has 0 N–H and O–H groups in total. The predicted molar refractivity (Wildman–Crippen MR) is 121 cm³/mol. The molecule has 0 aliphatic rings. The number of rotatable bonds is 10. The van der Waals surface area contributed by atoms with E-state index in [-0.39, 0.29) is 0 Å². The van der Waals surface area contributed by atoms with E-state index in [0.717, 1.165) is 25.8 Å². The molecule has 1 atom stereocenters. The van der Waals surface area contributed by atoms with Crippen molar-refractivity contribution in [1.29, 1.82) is 0 Å². The van der Waals surface area contributed by atoms with E-state index in [1.165, 1.54) is 22.5 Å². The first kappa shape index (κ1) is 20.8. The van der Waals surface area contributed by atoms with Crippen molar-refractivity contribution < 1.29 is 0 Å². The summed E-state index contributed by atoms with van der Waals surface area (Å²) in [4.78, 5) is 2.36. The van der Waals surface area contributed by atoms with Gasteiger partial charge in [-0.15, -0.1) is 0 Å². The molecule has 1 unspecified atom stereocenters. The standard InChI is InChI=1S/C26H33N/c1-5-14-23(7-3)15-11-12-20-27(25-17-9-8-10-18-25)26-19-13-16-24(21-26)22(4)6-2/h7-13,15-19,21-22H,3,5-6,14,20H2,1-2,4H3/b12-11-,23-15+. The second-order valence-electron chi connectivity index (χ2n) is 6.97. The van der Waals surface area contributed by atoms with E-state index in [1.807, 2.05) is 6.08 Å². The number of hydrogen-bond acceptors (Lipinski definition) is 1. The van der Waals surface area contributed by atoms with Crippen LogP contribution in [0.2, 0.25) is 0 Å². The Bertz CT molecular complexity index is 755. The fourth-order valence-corrected chi connectivity index (χ4v) is 3.10. The molecular formula is C26H33N. The van der Waals surface area contributed by atoms with Crippen LogP contribution in [0.3, 0.4) is 0 Å². The van der Waals surface area contributed by atoms with Crippen LogP contribution in [-0.4, -0.2) is 6.54 Å². The fourth-order valence-electron chi connectivity index (χ4n) is 3.10. The van der Waals surface area contributed by atoms with Gasteiger partial charge in [0.15, 0.2) is 0 Å². The lowest BCUT2D eigenvalue weighted by Gasteiger charge is -2.25. The van der Waals surface area contributed by atoms with Crippen molar-refractivity contribution in [2.24, 2.45) is 0 Å². The summed E-state index contributed by atoms with van der Waals surface area (Å²) in [7, 11) is 0. The maximum Gasteiger partial charge on any atom is 0.0416 e. The minimum atomic E-state index is 0.574. The van der Waals surface area contributed by atoms with Crippen molar-refractivity contribution in [2.75, 3.05) is 11.4 Å². The Morgan fingerprint density at radius 3 is 2.44 bits per heavy atom. The molecule has 0 aliphatic carbocycles. The molecule has 2 aromatic rings. The van der Waals surface area contributed by atoms with Gasteiger partial charge in [0, 0.05) is 17.9 Å². The van der Waals surface area contributed by atoms with E-state index in [1.54, 1.807) is 0 Å². The molecule has 0 saturated carbocycles. The number of allylic oxidation sites excluding steroid dienone is 4. The minimum Gasteiger partial charge on any atom is -0.338 e. The zero-order chi connectivity index (χ0) is 19.5. The Hall–Kier alpha value is -2.54. The van der Waals surface area contributed by atoms with Gasteiger partial charge in [-0.05, 0) is 54.2 Å². The number of anilines is 2. The highest BCUT2D eigenvalue weighted by Crippen LogP contribution is 2.29. The van der Waals surface area contributed by atoms with Crippen LogP contribution < -0.4 is 4.90 Å². The third-order valence-electron chi connectivity index (χ3n) is 4.97. The molecule has 142 valence electrons. The molecule has 2 rings (SSSR count). The summed E-state index contributed by atoms with van der Waals surface area (Å²) in [6.07, 6.45) is 11.9. The molecule has 0 aromatic heterocycles. The van der Waals surface area contributed by atoms with Crippen LogP contribution in [0.25, 0.3) is 0 Å². The summed E-state index contributed by atoms with van der Waals surface area (Å²) in [5.74, 6) is 0.574. The van der Waals surface area contributed by atoms with E-state index < -0.39 is 0 Å². The van der Waals surface area contributed by atoms with E-state index in [4.69, 9.17) is 0 Å². The lowest BCUT2D eigenvalue weighted by molar-refractivity contribution is 0.733. The first-order valence-electron chi connectivity index (χ1n) is 10.1. The van der Waals surface area contributed by atoms with Crippen molar-refractivity contribution in [3.63, 3.8) is 0 Å². The maximum atomic E-state index is 3.91. The molecule has 0 fully saturated rings. The van der Waals surface area contributed by atoms with E-state index in [2.05, 4.69) is 105 Å². The SMILES string of the molecule is C=C/C(=C\C=C/CN(c1ccccc1)c1cccc(C(C)CC)c1)CCC. The summed E-state index contributed by atoms with van der Waals surface area (Å²) in [5.41, 5.74) is 5.14. The molecule has 0 amide bonds. The predicted octanol–water partition coefficient (Wildman–Crippen LogP) is 7.81. The third-order valence-corrected chi connectivity index (χ3v) is 4.97. The Morgan fingerprint density at radius 2 is 1.78 bits per heavy atom. The molecule has 0 bridgehead atoms. The van der Waals surface area contributed by atoms with Gasteiger partial charge in [-0.1, -0.05) is 88.4 Å². The summed E-state index contributed by atoms with van der Waals surface area (Å²) in [6.45, 7) is 11.5. The largest absolute Gasteiger partial charge is 0.338 e. The Kier molecular flexibility index (Phi) is 8.64. The Balaban J connectivity index is 2.27. The number of para-hydroxylation sites is 1. The molecule has 0 radical (unpaired) electrons. The van der Waals surface area contributed by atoms with Gasteiger partial charge in [-0.2, -0.15) is 0 Å². The average molecular weight is 360 g/mol. The van der Waals surface area contributed by atoms with Crippen LogP contribution in [0, 0.1) is 0 Å². The molecule has 0 aliphatic heterocycles. The van der Waals surface area contributed by atoms with Crippen molar-refractivity contribution in [3.05, 3.63) is 96.6 Å². The second kappa shape index (κ2) is 11.2. The van der Waals surface area contributed by atoms with Crippen LogP contribution in [0.1, 0.15) is 51.5 Å². The number of hydrogen-bond donors (Lipinski definition) is 0. The third kappa shape index (κ3) is 6.29. The quantitative estimate of drug-likeness (QED) is 0.391. The van der Waals surface area contributed by atoms with E-state index in [9.17, 15) is 0 Å². The Morgan fingerprint density at radius 1 is 1.04 bits per heavy atom. The monoisotopic (exact) mass is 359 g/mol. The lowest BCUT2D eigenvalue weighted by Crippen LogP contribution is -2.17. The lowest BCUT2D eigenvalue weighted by atomic mass is 9.98. The fraction of sp³-hybridized carbons (Fsp3) is 0.308. The van der Waals surface area contributed by atoms with Crippen LogP contribution in [0.15, 0.2) is 91.1 Å². The molecule has 27 heavy (non-hydrogen) atoms. The number of nitrogens with zero attached hydrogens (tertiary/aromatic N) is 1. The minimum absolute atomic E-state index is 0.574. The summed E-state index contributed by atoms with van der Waals surface area (Å²) in [6, 6.07) is 19.6. The first-order chi connectivity index (χ1) is 13.2. The molecule has 2 aromatic carbocycles. The molecule has 0 saturated heterocycles. The van der Waals surface area contributed by atoms with Crippen LogP contribution in [0.5, 0.6) is 0 Å². The smallest absolute Gasteiger partial charge is 0.0416 e. The Labute approximate surface area is 165 Å². The summed E-state index contributed by atoms with van der Waals surface area (Å²) >= 11 is 0. The molecule has 0 heterocycles. The highest BCUT2D eigenvalue weighted by Gasteiger charge is 2.10. The van der Waals surface area contributed by atoms with Crippen molar-refractivity contribution in [3.8, 4) is 0 Å².